The van der Waals surface area contributed by atoms with Crippen LogP contribution in [0.2, 0.25) is 0 Å². The van der Waals surface area contributed by atoms with Gasteiger partial charge in [-0.15, -0.1) is 0 Å². The van der Waals surface area contributed by atoms with Crippen LogP contribution in [-0.2, 0) is 9.59 Å². The minimum Gasteiger partial charge on any atom is -0.493 e. The quantitative estimate of drug-likeness (QED) is 0.725. The van der Waals surface area contributed by atoms with E-state index >= 15 is 0 Å². The molecule has 4 N–H and O–H groups in total. The first-order valence-corrected chi connectivity index (χ1v) is 7.18. The van der Waals surface area contributed by atoms with E-state index < -0.39 is 0 Å². The number of primary amides is 1. The molecular formula is C15H21N3O3. The Labute approximate surface area is 124 Å². The molecule has 1 heterocycles. The minimum atomic E-state index is -0.389. The fraction of sp³-hybridized carbons (Fsp3) is 0.467. The highest BCUT2D eigenvalue weighted by atomic mass is 16.5. The maximum absolute atomic E-state index is 12.1. The van der Waals surface area contributed by atoms with Gasteiger partial charge in [0.15, 0.2) is 0 Å². The number of hydrogen-bond donors (Lipinski definition) is 3. The smallest absolute Gasteiger partial charge is 0.228 e. The summed E-state index contributed by atoms with van der Waals surface area (Å²) < 4.78 is 5.37. The van der Waals surface area contributed by atoms with Crippen molar-refractivity contribution in [3.8, 4) is 5.75 Å². The molecule has 0 aliphatic carbocycles. The monoisotopic (exact) mass is 291 g/mol. The Kier molecular flexibility index (Phi) is 5.57. The second-order valence-corrected chi connectivity index (χ2v) is 5.12. The van der Waals surface area contributed by atoms with E-state index in [9.17, 15) is 9.59 Å². The highest BCUT2D eigenvalue weighted by Gasteiger charge is 2.20. The minimum absolute atomic E-state index is 0.0326. The van der Waals surface area contributed by atoms with Gasteiger partial charge in [0.2, 0.25) is 11.8 Å². The fourth-order valence-corrected chi connectivity index (χ4v) is 2.22. The summed E-state index contributed by atoms with van der Waals surface area (Å²) in [5, 5.41) is 6.13. The molecule has 1 aliphatic rings. The average Bonchev–Trinajstić information content (AvgIpc) is 2.49. The lowest BCUT2D eigenvalue weighted by Crippen LogP contribution is -2.37. The number of ether oxygens (including phenoxy) is 1. The zero-order valence-electron chi connectivity index (χ0n) is 11.9. The molecule has 1 atom stereocenters. The fourth-order valence-electron chi connectivity index (χ4n) is 2.22. The summed E-state index contributed by atoms with van der Waals surface area (Å²) in [6.45, 7) is 1.98. The lowest BCUT2D eigenvalue weighted by Gasteiger charge is -2.21. The lowest BCUT2D eigenvalue weighted by molar-refractivity contribution is -0.120. The van der Waals surface area contributed by atoms with Crippen LogP contribution in [0, 0.1) is 5.92 Å². The highest BCUT2D eigenvalue weighted by Crippen LogP contribution is 2.18. The first-order valence-electron chi connectivity index (χ1n) is 7.18. The number of carbonyl (C=O) groups excluding carboxylic acids is 2. The zero-order valence-corrected chi connectivity index (χ0v) is 11.9. The van der Waals surface area contributed by atoms with Crippen molar-refractivity contribution in [2.24, 2.45) is 11.7 Å². The third-order valence-corrected chi connectivity index (χ3v) is 3.41. The predicted molar refractivity (Wildman–Crippen MR) is 80.0 cm³/mol. The second-order valence-electron chi connectivity index (χ2n) is 5.12. The van der Waals surface area contributed by atoms with Crippen LogP contribution in [0.1, 0.15) is 19.3 Å². The van der Waals surface area contributed by atoms with E-state index in [1.165, 1.54) is 0 Å². The van der Waals surface area contributed by atoms with E-state index in [1.807, 2.05) is 0 Å². The topological polar surface area (TPSA) is 93.5 Å². The van der Waals surface area contributed by atoms with Crippen LogP contribution in [-0.4, -0.2) is 31.5 Å². The van der Waals surface area contributed by atoms with Gasteiger partial charge in [0.25, 0.3) is 0 Å². The van der Waals surface area contributed by atoms with E-state index in [0.717, 1.165) is 31.6 Å². The first kappa shape index (κ1) is 15.3. The van der Waals surface area contributed by atoms with Gasteiger partial charge < -0.3 is 21.1 Å². The molecule has 6 heteroatoms. The van der Waals surface area contributed by atoms with Crippen molar-refractivity contribution in [3.05, 3.63) is 24.3 Å². The second kappa shape index (κ2) is 7.64. The van der Waals surface area contributed by atoms with E-state index in [-0.39, 0.29) is 30.8 Å². The van der Waals surface area contributed by atoms with E-state index in [1.54, 1.807) is 24.3 Å². The van der Waals surface area contributed by atoms with Gasteiger partial charge in [-0.3, -0.25) is 9.59 Å². The van der Waals surface area contributed by atoms with Crippen LogP contribution >= 0.6 is 0 Å². The summed E-state index contributed by atoms with van der Waals surface area (Å²) in [6.07, 6.45) is 2.14. The molecule has 1 saturated heterocycles. The summed E-state index contributed by atoms with van der Waals surface area (Å²) in [6, 6.07) is 7.09. The van der Waals surface area contributed by atoms with Gasteiger partial charge >= 0.3 is 0 Å². The molecule has 0 spiro atoms. The molecule has 0 radical (unpaired) electrons. The molecule has 1 aromatic rings. The van der Waals surface area contributed by atoms with Crippen molar-refractivity contribution in [1.29, 1.82) is 0 Å². The maximum atomic E-state index is 12.1. The summed E-state index contributed by atoms with van der Waals surface area (Å²) in [4.78, 5) is 22.7. The number of amides is 2. The SMILES string of the molecule is NC(=O)CCOc1ccc(NC(=O)[C@H]2CCCNC2)cc1. The molecular weight excluding hydrogens is 270 g/mol. The Bertz CT molecular complexity index is 481. The van der Waals surface area contributed by atoms with Crippen LogP contribution < -0.4 is 21.1 Å². The van der Waals surface area contributed by atoms with Gasteiger partial charge in [0, 0.05) is 12.2 Å². The maximum Gasteiger partial charge on any atom is 0.228 e. The van der Waals surface area contributed by atoms with E-state index in [2.05, 4.69) is 10.6 Å². The van der Waals surface area contributed by atoms with Crippen molar-refractivity contribution < 1.29 is 14.3 Å². The standard InChI is InChI=1S/C15H21N3O3/c16-14(19)7-9-21-13-5-3-12(4-6-13)18-15(20)11-2-1-8-17-10-11/h3-6,11,17H,1-2,7-10H2,(H2,16,19)(H,18,20)/t11-/m0/s1. The van der Waals surface area contributed by atoms with Crippen LogP contribution in [0.25, 0.3) is 0 Å². The number of piperidine rings is 1. The van der Waals surface area contributed by atoms with Gasteiger partial charge in [-0.2, -0.15) is 0 Å². The average molecular weight is 291 g/mol. The number of benzene rings is 1. The number of anilines is 1. The summed E-state index contributed by atoms with van der Waals surface area (Å²) >= 11 is 0. The van der Waals surface area contributed by atoms with Gasteiger partial charge in [-0.25, -0.2) is 0 Å². The molecule has 1 aliphatic heterocycles. The molecule has 21 heavy (non-hydrogen) atoms. The molecule has 0 aromatic heterocycles. The molecule has 2 rings (SSSR count). The van der Waals surface area contributed by atoms with Crippen LogP contribution in [0.5, 0.6) is 5.75 Å². The number of carbonyl (C=O) groups is 2. The van der Waals surface area contributed by atoms with Crippen LogP contribution in [0.15, 0.2) is 24.3 Å². The van der Waals surface area contributed by atoms with Crippen LogP contribution in [0.4, 0.5) is 5.69 Å². The first-order chi connectivity index (χ1) is 10.1. The summed E-state index contributed by atoms with van der Waals surface area (Å²) in [5.41, 5.74) is 5.78. The van der Waals surface area contributed by atoms with Crippen molar-refractivity contribution in [2.75, 3.05) is 25.0 Å². The Morgan fingerprint density at radius 2 is 2.10 bits per heavy atom. The Balaban J connectivity index is 1.81. The molecule has 1 aromatic carbocycles. The molecule has 0 bridgehead atoms. The Morgan fingerprint density at radius 1 is 1.33 bits per heavy atom. The predicted octanol–water partition coefficient (Wildman–Crippen LogP) is 0.879. The van der Waals surface area contributed by atoms with Gasteiger partial charge in [-0.05, 0) is 43.7 Å². The number of nitrogens with one attached hydrogen (secondary N) is 2. The third-order valence-electron chi connectivity index (χ3n) is 3.41. The molecule has 114 valence electrons. The largest absolute Gasteiger partial charge is 0.493 e. The Morgan fingerprint density at radius 3 is 2.71 bits per heavy atom. The molecule has 0 unspecified atom stereocenters. The highest BCUT2D eigenvalue weighted by molar-refractivity contribution is 5.92. The van der Waals surface area contributed by atoms with Crippen molar-refractivity contribution in [3.63, 3.8) is 0 Å². The van der Waals surface area contributed by atoms with E-state index in [4.69, 9.17) is 10.5 Å². The summed E-state index contributed by atoms with van der Waals surface area (Å²) in [7, 11) is 0. The number of nitrogens with two attached hydrogens (primary N) is 1. The van der Waals surface area contributed by atoms with Crippen molar-refractivity contribution in [2.45, 2.75) is 19.3 Å². The Hall–Kier alpha value is -2.08. The van der Waals surface area contributed by atoms with Gasteiger partial charge in [0.1, 0.15) is 5.75 Å². The zero-order chi connectivity index (χ0) is 15.1. The lowest BCUT2D eigenvalue weighted by atomic mass is 9.99. The molecule has 0 saturated carbocycles. The van der Waals surface area contributed by atoms with Gasteiger partial charge in [-0.1, -0.05) is 0 Å². The molecule has 2 amide bonds. The molecule has 1 fully saturated rings. The van der Waals surface area contributed by atoms with Crippen LogP contribution in [0.3, 0.4) is 0 Å². The van der Waals surface area contributed by atoms with Crippen molar-refractivity contribution in [1.82, 2.24) is 5.32 Å². The van der Waals surface area contributed by atoms with Crippen molar-refractivity contribution >= 4 is 17.5 Å². The molecule has 6 nitrogen and oxygen atoms in total. The number of hydrogen-bond acceptors (Lipinski definition) is 4. The third kappa shape index (κ3) is 5.07. The van der Waals surface area contributed by atoms with Gasteiger partial charge in [0.05, 0.1) is 18.9 Å². The van der Waals surface area contributed by atoms with E-state index in [0.29, 0.717) is 5.75 Å². The summed E-state index contributed by atoms with van der Waals surface area (Å²) in [5.74, 6) is 0.336. The number of rotatable bonds is 6. The normalized spacial score (nSPS) is 18.0.